The van der Waals surface area contributed by atoms with Gasteiger partial charge < -0.3 is 15.0 Å². The lowest BCUT2D eigenvalue weighted by Crippen LogP contribution is -2.41. The molecule has 1 N–H and O–H groups in total. The average molecular weight is 214 g/mol. The minimum atomic E-state index is -0.111. The van der Waals surface area contributed by atoms with Crippen molar-refractivity contribution in [2.45, 2.75) is 31.7 Å². The number of piperidine rings is 1. The molecule has 0 amide bonds. The Balaban J connectivity index is 1.98. The largest absolute Gasteiger partial charge is 0.469 e. The SMILES string of the molecule is COC(=O)CCCNC1CCN(C)CC1. The molecule has 0 atom stereocenters. The van der Waals surface area contributed by atoms with Gasteiger partial charge in [0.15, 0.2) is 0 Å². The van der Waals surface area contributed by atoms with Gasteiger partial charge in [0.1, 0.15) is 0 Å². The van der Waals surface area contributed by atoms with E-state index in [1.807, 2.05) is 0 Å². The third-order valence-corrected chi connectivity index (χ3v) is 2.94. The van der Waals surface area contributed by atoms with Gasteiger partial charge in [-0.1, -0.05) is 0 Å². The highest BCUT2D eigenvalue weighted by molar-refractivity contribution is 5.69. The second kappa shape index (κ2) is 6.80. The quantitative estimate of drug-likeness (QED) is 0.538. The van der Waals surface area contributed by atoms with E-state index in [0.717, 1.165) is 13.0 Å². The van der Waals surface area contributed by atoms with Gasteiger partial charge in [-0.2, -0.15) is 0 Å². The van der Waals surface area contributed by atoms with Crippen molar-refractivity contribution in [1.82, 2.24) is 10.2 Å². The van der Waals surface area contributed by atoms with Gasteiger partial charge in [0.05, 0.1) is 7.11 Å². The molecule has 0 bridgehead atoms. The first-order valence-electron chi connectivity index (χ1n) is 5.71. The lowest BCUT2D eigenvalue weighted by atomic mass is 10.1. The van der Waals surface area contributed by atoms with E-state index < -0.39 is 0 Å². The highest BCUT2D eigenvalue weighted by atomic mass is 16.5. The number of hydrogen-bond acceptors (Lipinski definition) is 4. The van der Waals surface area contributed by atoms with Crippen LogP contribution in [0.1, 0.15) is 25.7 Å². The molecule has 15 heavy (non-hydrogen) atoms. The maximum atomic E-state index is 10.8. The predicted molar refractivity (Wildman–Crippen MR) is 59.8 cm³/mol. The zero-order valence-electron chi connectivity index (χ0n) is 9.79. The van der Waals surface area contributed by atoms with E-state index >= 15 is 0 Å². The van der Waals surface area contributed by atoms with Crippen LogP contribution in [0.3, 0.4) is 0 Å². The number of nitrogens with one attached hydrogen (secondary N) is 1. The molecule has 0 radical (unpaired) electrons. The molecule has 0 saturated carbocycles. The van der Waals surface area contributed by atoms with Crippen LogP contribution < -0.4 is 5.32 Å². The van der Waals surface area contributed by atoms with E-state index in [2.05, 4.69) is 22.0 Å². The van der Waals surface area contributed by atoms with Crippen LogP contribution in [-0.2, 0) is 9.53 Å². The minimum absolute atomic E-state index is 0.111. The van der Waals surface area contributed by atoms with Crippen LogP contribution in [0.15, 0.2) is 0 Å². The first-order valence-corrected chi connectivity index (χ1v) is 5.71. The van der Waals surface area contributed by atoms with Crippen LogP contribution in [0.4, 0.5) is 0 Å². The van der Waals surface area contributed by atoms with Crippen molar-refractivity contribution in [3.63, 3.8) is 0 Å². The summed E-state index contributed by atoms with van der Waals surface area (Å²) in [5, 5.41) is 3.49. The summed E-state index contributed by atoms with van der Waals surface area (Å²) in [7, 11) is 3.60. The molecule has 4 nitrogen and oxygen atoms in total. The molecule has 0 aromatic rings. The molecule has 0 unspecified atom stereocenters. The Hall–Kier alpha value is -0.610. The number of nitrogens with zero attached hydrogens (tertiary/aromatic N) is 1. The van der Waals surface area contributed by atoms with E-state index in [9.17, 15) is 4.79 Å². The Morgan fingerprint density at radius 3 is 2.73 bits per heavy atom. The number of esters is 1. The number of ether oxygens (including phenoxy) is 1. The molecule has 1 saturated heterocycles. The van der Waals surface area contributed by atoms with Crippen LogP contribution in [0, 0.1) is 0 Å². The molecular weight excluding hydrogens is 192 g/mol. The molecule has 0 aromatic carbocycles. The zero-order chi connectivity index (χ0) is 11.1. The van der Waals surface area contributed by atoms with Crippen molar-refractivity contribution in [2.24, 2.45) is 0 Å². The molecule has 1 aliphatic rings. The topological polar surface area (TPSA) is 41.6 Å². The van der Waals surface area contributed by atoms with Gasteiger partial charge in [-0.25, -0.2) is 0 Å². The molecule has 1 fully saturated rings. The molecule has 1 heterocycles. The lowest BCUT2D eigenvalue weighted by Gasteiger charge is -2.29. The van der Waals surface area contributed by atoms with Crippen LogP contribution in [0.25, 0.3) is 0 Å². The van der Waals surface area contributed by atoms with E-state index in [1.54, 1.807) is 0 Å². The fourth-order valence-electron chi connectivity index (χ4n) is 1.85. The number of rotatable bonds is 5. The summed E-state index contributed by atoms with van der Waals surface area (Å²) >= 11 is 0. The third kappa shape index (κ3) is 5.14. The lowest BCUT2D eigenvalue weighted by molar-refractivity contribution is -0.140. The van der Waals surface area contributed by atoms with Gasteiger partial charge in [0.25, 0.3) is 0 Å². The molecule has 1 aliphatic heterocycles. The summed E-state index contributed by atoms with van der Waals surface area (Å²) in [6, 6.07) is 0.638. The van der Waals surface area contributed by atoms with Gasteiger partial charge >= 0.3 is 5.97 Å². The Morgan fingerprint density at radius 1 is 1.47 bits per heavy atom. The van der Waals surface area contributed by atoms with Crippen molar-refractivity contribution in [1.29, 1.82) is 0 Å². The Bertz CT molecular complexity index is 189. The Labute approximate surface area is 92.0 Å². The van der Waals surface area contributed by atoms with Gasteiger partial charge in [-0.05, 0) is 45.9 Å². The second-order valence-corrected chi connectivity index (χ2v) is 4.21. The molecule has 0 aromatic heterocycles. The summed E-state index contributed by atoms with van der Waals surface area (Å²) < 4.78 is 4.58. The van der Waals surface area contributed by atoms with Gasteiger partial charge in [0.2, 0.25) is 0 Å². The van der Waals surface area contributed by atoms with E-state index in [4.69, 9.17) is 0 Å². The van der Waals surface area contributed by atoms with Crippen LogP contribution in [0.2, 0.25) is 0 Å². The molecule has 4 heteroatoms. The maximum Gasteiger partial charge on any atom is 0.305 e. The van der Waals surface area contributed by atoms with Crippen molar-refractivity contribution < 1.29 is 9.53 Å². The van der Waals surface area contributed by atoms with Crippen molar-refractivity contribution >= 4 is 5.97 Å². The number of carbonyl (C=O) groups excluding carboxylic acids is 1. The summed E-state index contributed by atoms with van der Waals surface area (Å²) in [5.41, 5.74) is 0. The Morgan fingerprint density at radius 2 is 2.13 bits per heavy atom. The fraction of sp³-hybridized carbons (Fsp3) is 0.909. The van der Waals surface area contributed by atoms with Gasteiger partial charge in [-0.3, -0.25) is 4.79 Å². The normalized spacial score (nSPS) is 19.1. The first-order chi connectivity index (χ1) is 7.22. The number of methoxy groups -OCH3 is 1. The standard InChI is InChI=1S/C11H22N2O2/c1-13-8-5-10(6-9-13)12-7-3-4-11(14)15-2/h10,12H,3-9H2,1-2H3. The summed E-state index contributed by atoms with van der Waals surface area (Å²) in [6.07, 6.45) is 3.83. The van der Waals surface area contributed by atoms with E-state index in [-0.39, 0.29) is 5.97 Å². The van der Waals surface area contributed by atoms with Crippen LogP contribution in [-0.4, -0.2) is 50.7 Å². The van der Waals surface area contributed by atoms with E-state index in [0.29, 0.717) is 12.5 Å². The molecule has 88 valence electrons. The summed E-state index contributed by atoms with van der Waals surface area (Å²) in [4.78, 5) is 13.2. The number of likely N-dealkylation sites (tertiary alicyclic amines) is 1. The average Bonchev–Trinajstić information content (AvgIpc) is 2.26. The van der Waals surface area contributed by atoms with Crippen LogP contribution >= 0.6 is 0 Å². The zero-order valence-corrected chi connectivity index (χ0v) is 9.79. The van der Waals surface area contributed by atoms with Crippen molar-refractivity contribution in [3.8, 4) is 0 Å². The first kappa shape index (κ1) is 12.5. The fourth-order valence-corrected chi connectivity index (χ4v) is 1.85. The number of hydrogen-bond donors (Lipinski definition) is 1. The number of carbonyl (C=O) groups is 1. The predicted octanol–water partition coefficient (Wildman–Crippen LogP) is 0.623. The second-order valence-electron chi connectivity index (χ2n) is 4.21. The summed E-state index contributed by atoms with van der Waals surface area (Å²) in [6.45, 7) is 3.27. The van der Waals surface area contributed by atoms with Crippen molar-refractivity contribution in [2.75, 3.05) is 33.8 Å². The monoisotopic (exact) mass is 214 g/mol. The van der Waals surface area contributed by atoms with Gasteiger partial charge in [-0.15, -0.1) is 0 Å². The Kier molecular flexibility index (Phi) is 5.65. The molecular formula is C11H22N2O2. The highest BCUT2D eigenvalue weighted by Gasteiger charge is 2.15. The molecule has 0 aliphatic carbocycles. The van der Waals surface area contributed by atoms with E-state index in [1.165, 1.54) is 33.0 Å². The maximum absolute atomic E-state index is 10.8. The van der Waals surface area contributed by atoms with Crippen LogP contribution in [0.5, 0.6) is 0 Å². The highest BCUT2D eigenvalue weighted by Crippen LogP contribution is 2.07. The molecule has 1 rings (SSSR count). The molecule has 0 spiro atoms. The smallest absolute Gasteiger partial charge is 0.305 e. The third-order valence-electron chi connectivity index (χ3n) is 2.94. The summed E-state index contributed by atoms with van der Waals surface area (Å²) in [5.74, 6) is -0.111. The van der Waals surface area contributed by atoms with Gasteiger partial charge in [0, 0.05) is 12.5 Å². The van der Waals surface area contributed by atoms with Crippen molar-refractivity contribution in [3.05, 3.63) is 0 Å². The minimum Gasteiger partial charge on any atom is -0.469 e.